The molecule has 222 valence electrons. The summed E-state index contributed by atoms with van der Waals surface area (Å²) in [5.74, 6) is 0.930. The highest BCUT2D eigenvalue weighted by Gasteiger charge is 2.52. The number of aromatic amines is 1. The van der Waals surface area contributed by atoms with Crippen LogP contribution in [-0.2, 0) is 17.1 Å². The smallest absolute Gasteiger partial charge is 0.273 e. The molecule has 1 aliphatic carbocycles. The van der Waals surface area contributed by atoms with E-state index >= 15 is 0 Å². The first-order valence-corrected chi connectivity index (χ1v) is 15.5. The minimum Gasteiger partial charge on any atom is -0.455 e. The average molecular weight is 600 g/mol. The zero-order chi connectivity index (χ0) is 30.7. The number of hydrogen-bond acceptors (Lipinski definition) is 7. The van der Waals surface area contributed by atoms with Crippen molar-refractivity contribution in [2.24, 2.45) is 18.0 Å². The molecule has 2 N–H and O–H groups in total. The minimum atomic E-state index is -4.23. The van der Waals surface area contributed by atoms with Crippen LogP contribution in [0.15, 0.2) is 87.3 Å². The number of para-hydroxylation sites is 1. The van der Waals surface area contributed by atoms with E-state index in [0.717, 1.165) is 15.1 Å². The molecule has 43 heavy (non-hydrogen) atoms. The van der Waals surface area contributed by atoms with Gasteiger partial charge in [-0.05, 0) is 62.1 Å². The molecule has 4 heterocycles. The van der Waals surface area contributed by atoms with Gasteiger partial charge >= 0.3 is 0 Å². The second-order valence-corrected chi connectivity index (χ2v) is 13.5. The molecule has 0 saturated carbocycles. The minimum absolute atomic E-state index is 0.0576. The van der Waals surface area contributed by atoms with Gasteiger partial charge in [-0.3, -0.25) is 14.6 Å². The van der Waals surface area contributed by atoms with Crippen LogP contribution in [0.5, 0.6) is 11.5 Å². The lowest BCUT2D eigenvalue weighted by molar-refractivity contribution is 0.467. The van der Waals surface area contributed by atoms with Crippen molar-refractivity contribution in [2.75, 3.05) is 13.1 Å². The number of hydrogen-bond donors (Lipinski definition) is 2. The van der Waals surface area contributed by atoms with Gasteiger partial charge in [0.05, 0.1) is 18.7 Å². The van der Waals surface area contributed by atoms with E-state index in [2.05, 4.69) is 15.3 Å². The molecule has 2 aliphatic rings. The topological polar surface area (TPSA) is 128 Å². The van der Waals surface area contributed by atoms with Crippen LogP contribution >= 0.6 is 0 Å². The average Bonchev–Trinajstić information content (AvgIpc) is 3.65. The third-order valence-corrected chi connectivity index (χ3v) is 11.1. The van der Waals surface area contributed by atoms with Crippen molar-refractivity contribution in [3.05, 3.63) is 110 Å². The molecule has 0 saturated heterocycles. The third kappa shape index (κ3) is 4.46. The van der Waals surface area contributed by atoms with Crippen molar-refractivity contribution in [1.82, 2.24) is 18.8 Å². The zero-order valence-corrected chi connectivity index (χ0v) is 25.5. The van der Waals surface area contributed by atoms with Gasteiger partial charge in [-0.2, -0.15) is 0 Å². The molecule has 10 nitrogen and oxygen atoms in total. The SMILES string of the molecule is CC1=CC(c2cc(=O)n(C)cc2Oc2c(C)cccc2C)=CC(C2=NCCN2)C1(C)S(=O)(=O)n1ccc2cc[nH]c(=O)c21. The van der Waals surface area contributed by atoms with E-state index in [4.69, 9.17) is 4.74 Å². The van der Waals surface area contributed by atoms with Gasteiger partial charge in [0, 0.05) is 43.0 Å². The van der Waals surface area contributed by atoms with Gasteiger partial charge in [-0.25, -0.2) is 12.4 Å². The van der Waals surface area contributed by atoms with E-state index in [-0.39, 0.29) is 11.1 Å². The van der Waals surface area contributed by atoms with Crippen molar-refractivity contribution in [3.63, 3.8) is 0 Å². The molecule has 0 spiro atoms. The largest absolute Gasteiger partial charge is 0.455 e. The summed E-state index contributed by atoms with van der Waals surface area (Å²) in [5.41, 5.74) is 2.92. The van der Waals surface area contributed by atoms with Crippen molar-refractivity contribution in [2.45, 2.75) is 32.4 Å². The summed E-state index contributed by atoms with van der Waals surface area (Å²) in [5, 5.41) is 3.79. The lowest BCUT2D eigenvalue weighted by Gasteiger charge is -2.39. The Morgan fingerprint density at radius 2 is 1.84 bits per heavy atom. The highest BCUT2D eigenvalue weighted by Crippen LogP contribution is 2.45. The summed E-state index contributed by atoms with van der Waals surface area (Å²) in [6, 6.07) is 10.7. The molecule has 0 fully saturated rings. The molecular weight excluding hydrogens is 566 g/mol. The first-order valence-electron chi connectivity index (χ1n) is 14.0. The molecule has 0 amide bonds. The summed E-state index contributed by atoms with van der Waals surface area (Å²) in [7, 11) is -2.57. The number of rotatable bonds is 6. The Kier molecular flexibility index (Phi) is 6.80. The quantitative estimate of drug-likeness (QED) is 0.345. The Bertz CT molecular complexity index is 2100. The molecular formula is C32H33N5O5S. The maximum atomic E-state index is 14.6. The third-order valence-electron chi connectivity index (χ3n) is 8.58. The highest BCUT2D eigenvalue weighted by atomic mass is 32.2. The van der Waals surface area contributed by atoms with Gasteiger partial charge < -0.3 is 19.6 Å². The maximum Gasteiger partial charge on any atom is 0.273 e. The molecule has 0 bridgehead atoms. The highest BCUT2D eigenvalue weighted by molar-refractivity contribution is 7.91. The molecule has 2 atom stereocenters. The first-order chi connectivity index (χ1) is 20.4. The molecule has 1 aromatic carbocycles. The maximum absolute atomic E-state index is 14.6. The predicted molar refractivity (Wildman–Crippen MR) is 168 cm³/mol. The Morgan fingerprint density at radius 1 is 1.09 bits per heavy atom. The number of aryl methyl sites for hydroxylation is 3. The predicted octanol–water partition coefficient (Wildman–Crippen LogP) is 4.04. The van der Waals surface area contributed by atoms with Gasteiger partial charge in [-0.1, -0.05) is 30.4 Å². The van der Waals surface area contributed by atoms with E-state index in [1.54, 1.807) is 45.3 Å². The van der Waals surface area contributed by atoms with Crippen molar-refractivity contribution < 1.29 is 13.2 Å². The van der Waals surface area contributed by atoms with Gasteiger partial charge in [-0.15, -0.1) is 0 Å². The monoisotopic (exact) mass is 599 g/mol. The van der Waals surface area contributed by atoms with Crippen LogP contribution < -0.4 is 21.2 Å². The standard InChI is InChI=1S/C32H33N5O5S/c1-19-7-6-8-20(2)29(19)42-26-18-36(5)27(38)17-24(26)23-15-21(3)32(4,25(16-23)30-33-12-13-34-30)43(40,41)37-14-10-22-9-11-35-31(39)28(22)37/h6-11,14-18,25H,12-13H2,1-5H3,(H,33,34)(H,35,39). The number of nitrogens with zero attached hydrogens (tertiary/aromatic N) is 3. The summed E-state index contributed by atoms with van der Waals surface area (Å²) >= 11 is 0. The van der Waals surface area contributed by atoms with Crippen LogP contribution in [-0.4, -0.2) is 45.6 Å². The number of nitrogens with one attached hydrogen (secondary N) is 2. The van der Waals surface area contributed by atoms with E-state index in [9.17, 15) is 18.0 Å². The number of amidine groups is 1. The molecule has 1 aliphatic heterocycles. The van der Waals surface area contributed by atoms with Gasteiger partial charge in [0.1, 0.15) is 21.8 Å². The summed E-state index contributed by atoms with van der Waals surface area (Å²) in [4.78, 5) is 32.9. The van der Waals surface area contributed by atoms with Crippen molar-refractivity contribution in [3.8, 4) is 11.5 Å². The zero-order valence-electron chi connectivity index (χ0n) is 24.6. The van der Waals surface area contributed by atoms with E-state index < -0.39 is 26.2 Å². The second-order valence-electron chi connectivity index (χ2n) is 11.3. The molecule has 6 rings (SSSR count). The molecule has 0 radical (unpaired) electrons. The van der Waals surface area contributed by atoms with Crippen LogP contribution in [0.25, 0.3) is 16.5 Å². The van der Waals surface area contributed by atoms with E-state index in [0.29, 0.717) is 52.5 Å². The number of pyridine rings is 2. The summed E-state index contributed by atoms with van der Waals surface area (Å²) in [6.07, 6.45) is 8.18. The fourth-order valence-electron chi connectivity index (χ4n) is 5.96. The molecule has 2 unspecified atom stereocenters. The van der Waals surface area contributed by atoms with Crippen molar-refractivity contribution >= 4 is 32.3 Å². The van der Waals surface area contributed by atoms with E-state index in [1.807, 2.05) is 38.1 Å². The Balaban J connectivity index is 1.54. The van der Waals surface area contributed by atoms with Gasteiger partial charge in [0.15, 0.2) is 5.75 Å². The second kappa shape index (κ2) is 10.3. The van der Waals surface area contributed by atoms with Crippen LogP contribution in [0.1, 0.15) is 30.5 Å². The summed E-state index contributed by atoms with van der Waals surface area (Å²) < 4.78 is 36.7. The Labute approximate surface area is 249 Å². The van der Waals surface area contributed by atoms with Gasteiger partial charge in [0.2, 0.25) is 10.0 Å². The lowest BCUT2D eigenvalue weighted by atomic mass is 9.78. The first kappa shape index (κ1) is 28.5. The van der Waals surface area contributed by atoms with E-state index in [1.165, 1.54) is 23.0 Å². The number of H-pyrrole nitrogens is 1. The molecule has 3 aromatic heterocycles. The number of allylic oxidation sites excluding steroid dienone is 2. The van der Waals surface area contributed by atoms with Crippen LogP contribution in [0.4, 0.5) is 0 Å². The van der Waals surface area contributed by atoms with Crippen LogP contribution in [0.2, 0.25) is 0 Å². The Hall–Kier alpha value is -4.64. The summed E-state index contributed by atoms with van der Waals surface area (Å²) in [6.45, 7) is 8.42. The fourth-order valence-corrected chi connectivity index (χ4v) is 7.99. The normalized spacial score (nSPS) is 20.4. The fraction of sp³-hybridized carbons (Fsp3) is 0.281. The molecule has 11 heteroatoms. The number of aromatic nitrogens is 3. The number of benzene rings is 1. The van der Waals surface area contributed by atoms with Crippen LogP contribution in [0.3, 0.4) is 0 Å². The Morgan fingerprint density at radius 3 is 2.53 bits per heavy atom. The number of ether oxygens (including phenoxy) is 1. The van der Waals surface area contributed by atoms with Crippen LogP contribution in [0, 0.1) is 19.8 Å². The van der Waals surface area contributed by atoms with Crippen molar-refractivity contribution in [1.29, 1.82) is 0 Å². The molecule has 4 aromatic rings. The van der Waals surface area contributed by atoms with Gasteiger partial charge in [0.25, 0.3) is 11.1 Å². The number of aliphatic imine (C=N–C) groups is 1. The number of fused-ring (bicyclic) bond motifs is 1. The lowest BCUT2D eigenvalue weighted by Crippen LogP contribution is -2.52.